The second-order valence-electron chi connectivity index (χ2n) is 3.68. The molecule has 0 radical (unpaired) electrons. The highest BCUT2D eigenvalue weighted by atomic mass is 79.9. The van der Waals surface area contributed by atoms with Crippen LogP contribution in [0, 0.1) is 0 Å². The Morgan fingerprint density at radius 1 is 1.30 bits per heavy atom. The summed E-state index contributed by atoms with van der Waals surface area (Å²) in [5.41, 5.74) is 4.20. The van der Waals surface area contributed by atoms with E-state index in [9.17, 15) is 21.6 Å². The van der Waals surface area contributed by atoms with Crippen LogP contribution in [0.25, 0.3) is 0 Å². The third-order valence-electron chi connectivity index (χ3n) is 2.22. The van der Waals surface area contributed by atoms with Gasteiger partial charge in [0.2, 0.25) is 10.0 Å². The van der Waals surface area contributed by atoms with Crippen molar-refractivity contribution in [1.82, 2.24) is 4.72 Å². The zero-order valence-electron chi connectivity index (χ0n) is 10.1. The molecule has 0 amide bonds. The van der Waals surface area contributed by atoms with E-state index in [0.29, 0.717) is 12.5 Å². The number of hydrogen-bond donors (Lipinski definition) is 2. The van der Waals surface area contributed by atoms with Crippen LogP contribution in [0.1, 0.15) is 12.0 Å². The van der Waals surface area contributed by atoms with Gasteiger partial charge in [0, 0.05) is 11.0 Å². The van der Waals surface area contributed by atoms with E-state index in [-0.39, 0.29) is 30.0 Å². The molecule has 0 heterocycles. The van der Waals surface area contributed by atoms with Crippen LogP contribution in [0.3, 0.4) is 0 Å². The average molecular weight is 398 g/mol. The van der Waals surface area contributed by atoms with Gasteiger partial charge in [-0.05, 0) is 47.1 Å². The number of benzene rings is 1. The molecule has 0 atom stereocenters. The highest BCUT2D eigenvalue weighted by Gasteiger charge is 2.32. The Labute approximate surface area is 129 Å². The molecule has 116 valence electrons. The number of hydrogen-bond acceptors (Lipinski definition) is 3. The van der Waals surface area contributed by atoms with Crippen LogP contribution in [-0.4, -0.2) is 21.5 Å². The zero-order valence-corrected chi connectivity index (χ0v) is 13.3. The first kappa shape index (κ1) is 19.7. The largest absolute Gasteiger partial charge is 0.416 e. The van der Waals surface area contributed by atoms with Crippen molar-refractivity contribution in [2.24, 2.45) is 5.73 Å². The van der Waals surface area contributed by atoms with E-state index in [1.54, 1.807) is 0 Å². The first-order chi connectivity index (χ1) is 8.68. The Hall–Kier alpha value is -0.350. The third kappa shape index (κ3) is 5.21. The SMILES string of the molecule is Cl.NCCCNS(=O)(=O)c1cc(C(F)(F)F)ccc1Br. The first-order valence-electron chi connectivity index (χ1n) is 5.25. The first-order valence-corrected chi connectivity index (χ1v) is 7.52. The van der Waals surface area contributed by atoms with Crippen molar-refractivity contribution in [3.8, 4) is 0 Å². The fourth-order valence-electron chi connectivity index (χ4n) is 1.27. The lowest BCUT2D eigenvalue weighted by molar-refractivity contribution is -0.137. The van der Waals surface area contributed by atoms with Gasteiger partial charge < -0.3 is 5.73 Å². The molecule has 0 saturated carbocycles. The number of nitrogens with two attached hydrogens (primary N) is 1. The molecule has 3 N–H and O–H groups in total. The highest BCUT2D eigenvalue weighted by Crippen LogP contribution is 2.33. The van der Waals surface area contributed by atoms with Gasteiger partial charge in [0.25, 0.3) is 0 Å². The molecule has 0 aliphatic rings. The predicted octanol–water partition coefficient (Wildman–Crippen LogP) is 2.52. The van der Waals surface area contributed by atoms with Crippen molar-refractivity contribution >= 4 is 38.4 Å². The van der Waals surface area contributed by atoms with E-state index in [4.69, 9.17) is 5.73 Å². The molecule has 1 aromatic carbocycles. The monoisotopic (exact) mass is 396 g/mol. The molecule has 0 bridgehead atoms. The summed E-state index contributed by atoms with van der Waals surface area (Å²) in [4.78, 5) is -0.445. The minimum absolute atomic E-state index is 0. The summed E-state index contributed by atoms with van der Waals surface area (Å²) in [7, 11) is -4.00. The quantitative estimate of drug-likeness (QED) is 0.750. The number of rotatable bonds is 5. The predicted molar refractivity (Wildman–Crippen MR) is 75.3 cm³/mol. The Morgan fingerprint density at radius 3 is 2.40 bits per heavy atom. The number of alkyl halides is 3. The van der Waals surface area contributed by atoms with Crippen LogP contribution >= 0.6 is 28.3 Å². The van der Waals surface area contributed by atoms with Crippen LogP contribution in [0.15, 0.2) is 27.6 Å². The maximum Gasteiger partial charge on any atom is 0.416 e. The van der Waals surface area contributed by atoms with Gasteiger partial charge in [-0.2, -0.15) is 13.2 Å². The second kappa shape index (κ2) is 7.60. The highest BCUT2D eigenvalue weighted by molar-refractivity contribution is 9.10. The molecule has 20 heavy (non-hydrogen) atoms. The zero-order chi connectivity index (χ0) is 14.7. The van der Waals surface area contributed by atoms with Crippen molar-refractivity contribution in [3.05, 3.63) is 28.2 Å². The van der Waals surface area contributed by atoms with Gasteiger partial charge in [0.15, 0.2) is 0 Å². The van der Waals surface area contributed by atoms with Gasteiger partial charge in [-0.1, -0.05) is 0 Å². The molecule has 10 heteroatoms. The van der Waals surface area contributed by atoms with Crippen LogP contribution < -0.4 is 10.5 Å². The second-order valence-corrected chi connectivity index (χ2v) is 6.27. The van der Waals surface area contributed by atoms with Crippen molar-refractivity contribution < 1.29 is 21.6 Å². The molecule has 4 nitrogen and oxygen atoms in total. The lowest BCUT2D eigenvalue weighted by Crippen LogP contribution is -2.26. The number of nitrogens with one attached hydrogen (secondary N) is 1. The fraction of sp³-hybridized carbons (Fsp3) is 0.400. The van der Waals surface area contributed by atoms with Gasteiger partial charge in [0.1, 0.15) is 0 Å². The van der Waals surface area contributed by atoms with Crippen LogP contribution in [0.4, 0.5) is 13.2 Å². The summed E-state index contributed by atoms with van der Waals surface area (Å²) in [5, 5.41) is 0. The smallest absolute Gasteiger partial charge is 0.330 e. The van der Waals surface area contributed by atoms with E-state index < -0.39 is 26.7 Å². The average Bonchev–Trinajstić information content (AvgIpc) is 2.27. The Balaban J connectivity index is 0.00000361. The van der Waals surface area contributed by atoms with Crippen LogP contribution in [-0.2, 0) is 16.2 Å². The molecule has 1 rings (SSSR count). The standard InChI is InChI=1S/C10H12BrF3N2O2S.ClH/c11-8-3-2-7(10(12,13)14)6-9(8)19(17,18)16-5-1-4-15;/h2-3,6,16H,1,4-5,15H2;1H. The maximum atomic E-state index is 12.5. The van der Waals surface area contributed by atoms with Crippen LogP contribution in [0.5, 0.6) is 0 Å². The van der Waals surface area contributed by atoms with E-state index in [1.165, 1.54) is 0 Å². The minimum Gasteiger partial charge on any atom is -0.330 e. The van der Waals surface area contributed by atoms with Gasteiger partial charge in [-0.15, -0.1) is 12.4 Å². The summed E-state index contributed by atoms with van der Waals surface area (Å²) < 4.78 is 63.6. The molecular formula is C10H13BrClF3N2O2S. The molecule has 1 aromatic rings. The summed E-state index contributed by atoms with van der Waals surface area (Å²) in [5.74, 6) is 0. The Bertz CT molecular complexity index is 552. The van der Waals surface area contributed by atoms with Gasteiger partial charge in [-0.3, -0.25) is 0 Å². The maximum absolute atomic E-state index is 12.5. The molecule has 0 aromatic heterocycles. The molecule has 0 saturated heterocycles. The third-order valence-corrected chi connectivity index (χ3v) is 4.68. The topological polar surface area (TPSA) is 72.2 Å². The Morgan fingerprint density at radius 2 is 1.90 bits per heavy atom. The molecular weight excluding hydrogens is 385 g/mol. The number of sulfonamides is 1. The van der Waals surface area contributed by atoms with Crippen molar-refractivity contribution in [3.63, 3.8) is 0 Å². The van der Waals surface area contributed by atoms with Crippen LogP contribution in [0.2, 0.25) is 0 Å². The lowest BCUT2D eigenvalue weighted by atomic mass is 10.2. The lowest BCUT2D eigenvalue weighted by Gasteiger charge is -2.11. The van der Waals surface area contributed by atoms with Crippen molar-refractivity contribution in [2.75, 3.05) is 13.1 Å². The van der Waals surface area contributed by atoms with Gasteiger partial charge in [-0.25, -0.2) is 13.1 Å². The van der Waals surface area contributed by atoms with E-state index >= 15 is 0 Å². The summed E-state index contributed by atoms with van der Waals surface area (Å²) in [6, 6.07) is 2.46. The minimum atomic E-state index is -4.60. The Kier molecular flexibility index (Phi) is 7.47. The number of halogens is 5. The van der Waals surface area contributed by atoms with E-state index in [2.05, 4.69) is 20.7 Å². The molecule has 0 aliphatic carbocycles. The molecule has 0 unspecified atom stereocenters. The fourth-order valence-corrected chi connectivity index (χ4v) is 3.33. The molecule has 0 aliphatic heterocycles. The van der Waals surface area contributed by atoms with E-state index in [1.807, 2.05) is 0 Å². The van der Waals surface area contributed by atoms with Crippen molar-refractivity contribution in [2.45, 2.75) is 17.5 Å². The molecule has 0 spiro atoms. The molecule has 0 fully saturated rings. The van der Waals surface area contributed by atoms with E-state index in [0.717, 1.165) is 12.1 Å². The van der Waals surface area contributed by atoms with Crippen molar-refractivity contribution in [1.29, 1.82) is 0 Å². The summed E-state index contributed by atoms with van der Waals surface area (Å²) in [6.45, 7) is 0.355. The summed E-state index contributed by atoms with van der Waals surface area (Å²) >= 11 is 2.93. The van der Waals surface area contributed by atoms with Gasteiger partial charge >= 0.3 is 6.18 Å². The van der Waals surface area contributed by atoms with Gasteiger partial charge in [0.05, 0.1) is 10.5 Å². The normalized spacial score (nSPS) is 12.1. The summed E-state index contributed by atoms with van der Waals surface area (Å²) in [6.07, 6.45) is -4.20.